The molecule has 1 unspecified atom stereocenters. The van der Waals surface area contributed by atoms with Crippen LogP contribution in [0.1, 0.15) is 38.5 Å². The van der Waals surface area contributed by atoms with E-state index in [1.54, 1.807) is 11.8 Å². The van der Waals surface area contributed by atoms with Crippen molar-refractivity contribution in [3.63, 3.8) is 0 Å². The van der Waals surface area contributed by atoms with Crippen molar-refractivity contribution in [3.05, 3.63) is 28.7 Å². The summed E-state index contributed by atoms with van der Waals surface area (Å²) in [5.74, 6) is 1.00. The van der Waals surface area contributed by atoms with Crippen molar-refractivity contribution in [2.75, 3.05) is 18.1 Å². The molecule has 1 aliphatic heterocycles. The SMILES string of the molecule is CN1/C(=N/C2CCCCC2)SCC1CC(=O)Nc1ccc(Br)cc1.Cl. The molecule has 1 aliphatic carbocycles. The topological polar surface area (TPSA) is 44.7 Å². The lowest BCUT2D eigenvalue weighted by atomic mass is 9.96. The molecule has 2 fully saturated rings. The molecule has 1 N–H and O–H groups in total. The molecule has 1 aromatic carbocycles. The van der Waals surface area contributed by atoms with Crippen molar-refractivity contribution in [2.24, 2.45) is 4.99 Å². The van der Waals surface area contributed by atoms with E-state index in [0.717, 1.165) is 21.1 Å². The number of halogens is 2. The van der Waals surface area contributed by atoms with Gasteiger partial charge < -0.3 is 10.2 Å². The molecule has 4 nitrogen and oxygen atoms in total. The first-order valence-electron chi connectivity index (χ1n) is 8.60. The van der Waals surface area contributed by atoms with Gasteiger partial charge in [0.25, 0.3) is 0 Å². The third-order valence-corrected chi connectivity index (χ3v) is 6.40. The fraction of sp³-hybridized carbons (Fsp3) is 0.556. The molecule has 1 amide bonds. The monoisotopic (exact) mass is 445 g/mol. The Morgan fingerprint density at radius 3 is 2.64 bits per heavy atom. The number of carbonyl (C=O) groups excluding carboxylic acids is 1. The molecule has 1 saturated heterocycles. The maximum atomic E-state index is 12.3. The van der Waals surface area contributed by atoms with E-state index in [2.05, 4.69) is 33.2 Å². The lowest BCUT2D eigenvalue weighted by Crippen LogP contribution is -2.34. The summed E-state index contributed by atoms with van der Waals surface area (Å²) in [7, 11) is 2.07. The second-order valence-corrected chi connectivity index (χ2v) is 8.44. The van der Waals surface area contributed by atoms with Gasteiger partial charge in [-0.3, -0.25) is 9.79 Å². The summed E-state index contributed by atoms with van der Waals surface area (Å²) in [6.45, 7) is 0. The maximum absolute atomic E-state index is 12.3. The minimum absolute atomic E-state index is 0. The largest absolute Gasteiger partial charge is 0.350 e. The van der Waals surface area contributed by atoms with E-state index < -0.39 is 0 Å². The summed E-state index contributed by atoms with van der Waals surface area (Å²) < 4.78 is 1.01. The second-order valence-electron chi connectivity index (χ2n) is 6.54. The second kappa shape index (κ2) is 9.83. The van der Waals surface area contributed by atoms with Crippen LogP contribution in [0.3, 0.4) is 0 Å². The van der Waals surface area contributed by atoms with Crippen molar-refractivity contribution in [1.82, 2.24) is 4.90 Å². The summed E-state index contributed by atoms with van der Waals surface area (Å²) in [5.41, 5.74) is 0.840. The Balaban J connectivity index is 0.00000225. The zero-order valence-electron chi connectivity index (χ0n) is 14.4. The first-order valence-corrected chi connectivity index (χ1v) is 10.4. The summed E-state index contributed by atoms with van der Waals surface area (Å²) >= 11 is 5.19. The molecule has 138 valence electrons. The first kappa shape index (κ1) is 20.6. The molecule has 1 atom stereocenters. The maximum Gasteiger partial charge on any atom is 0.226 e. The van der Waals surface area contributed by atoms with Gasteiger partial charge in [0.1, 0.15) is 0 Å². The molecule has 0 aromatic heterocycles. The highest BCUT2D eigenvalue weighted by Crippen LogP contribution is 2.28. The van der Waals surface area contributed by atoms with Crippen molar-refractivity contribution in [1.29, 1.82) is 0 Å². The van der Waals surface area contributed by atoms with E-state index in [0.29, 0.717) is 12.5 Å². The zero-order valence-corrected chi connectivity index (χ0v) is 17.6. The van der Waals surface area contributed by atoms with Crippen molar-refractivity contribution < 1.29 is 4.79 Å². The van der Waals surface area contributed by atoms with Crippen LogP contribution in [-0.4, -0.2) is 40.9 Å². The number of hydrogen-bond acceptors (Lipinski definition) is 3. The van der Waals surface area contributed by atoms with Gasteiger partial charge in [-0.2, -0.15) is 0 Å². The number of aliphatic imine (C=N–C) groups is 1. The van der Waals surface area contributed by atoms with Gasteiger partial charge in [0.05, 0.1) is 6.04 Å². The van der Waals surface area contributed by atoms with E-state index in [1.807, 2.05) is 24.3 Å². The van der Waals surface area contributed by atoms with Crippen LogP contribution in [-0.2, 0) is 4.79 Å². The summed E-state index contributed by atoms with van der Waals surface area (Å²) in [5, 5.41) is 4.09. The highest BCUT2D eigenvalue weighted by Gasteiger charge is 2.29. The van der Waals surface area contributed by atoms with E-state index >= 15 is 0 Å². The molecule has 1 heterocycles. The van der Waals surface area contributed by atoms with Crippen LogP contribution in [0.15, 0.2) is 33.7 Å². The number of amidine groups is 1. The number of nitrogens with zero attached hydrogens (tertiary/aromatic N) is 2. The van der Waals surface area contributed by atoms with Crippen LogP contribution in [0, 0.1) is 0 Å². The molecule has 2 aliphatic rings. The number of rotatable bonds is 4. The van der Waals surface area contributed by atoms with E-state index in [1.165, 1.54) is 32.1 Å². The summed E-state index contributed by atoms with van der Waals surface area (Å²) in [6, 6.07) is 8.40. The molecule has 0 radical (unpaired) electrons. The van der Waals surface area contributed by atoms with Crippen LogP contribution < -0.4 is 5.32 Å². The van der Waals surface area contributed by atoms with Gasteiger partial charge in [-0.05, 0) is 37.1 Å². The number of benzene rings is 1. The highest BCUT2D eigenvalue weighted by molar-refractivity contribution is 9.10. The number of carbonyl (C=O) groups is 1. The Bertz CT molecular complexity index is 605. The first-order chi connectivity index (χ1) is 11.6. The van der Waals surface area contributed by atoms with Crippen molar-refractivity contribution >= 4 is 56.9 Å². The average molecular weight is 447 g/mol. The number of amides is 1. The molecular formula is C18H25BrClN3OS. The Hall–Kier alpha value is -0.720. The van der Waals surface area contributed by atoms with Crippen LogP contribution in [0.25, 0.3) is 0 Å². The third-order valence-electron chi connectivity index (χ3n) is 4.67. The minimum Gasteiger partial charge on any atom is -0.350 e. The van der Waals surface area contributed by atoms with Crippen molar-refractivity contribution in [3.8, 4) is 0 Å². The molecule has 3 rings (SSSR count). The number of thioether (sulfide) groups is 1. The Morgan fingerprint density at radius 2 is 1.96 bits per heavy atom. The Labute approximate surface area is 168 Å². The molecule has 25 heavy (non-hydrogen) atoms. The summed E-state index contributed by atoms with van der Waals surface area (Å²) in [6.07, 6.45) is 6.88. The van der Waals surface area contributed by atoms with Crippen LogP contribution in [0.2, 0.25) is 0 Å². The van der Waals surface area contributed by atoms with Gasteiger partial charge in [0.2, 0.25) is 5.91 Å². The zero-order chi connectivity index (χ0) is 16.9. The van der Waals surface area contributed by atoms with Crippen LogP contribution in [0.5, 0.6) is 0 Å². The smallest absolute Gasteiger partial charge is 0.226 e. The normalized spacial score (nSPS) is 22.7. The lowest BCUT2D eigenvalue weighted by molar-refractivity contribution is -0.116. The molecule has 0 spiro atoms. The molecule has 1 saturated carbocycles. The Kier molecular flexibility index (Phi) is 8.10. The molecule has 0 bridgehead atoms. The molecular weight excluding hydrogens is 422 g/mol. The van der Waals surface area contributed by atoms with Crippen molar-refractivity contribution in [2.45, 2.75) is 50.6 Å². The van der Waals surface area contributed by atoms with Crippen LogP contribution in [0.4, 0.5) is 5.69 Å². The van der Waals surface area contributed by atoms with Gasteiger partial charge in [0.15, 0.2) is 5.17 Å². The highest BCUT2D eigenvalue weighted by atomic mass is 79.9. The van der Waals surface area contributed by atoms with E-state index in [9.17, 15) is 4.79 Å². The van der Waals surface area contributed by atoms with Gasteiger partial charge in [-0.25, -0.2) is 0 Å². The molecule has 1 aromatic rings. The fourth-order valence-electron chi connectivity index (χ4n) is 3.19. The minimum atomic E-state index is 0. The molecule has 7 heteroatoms. The predicted octanol–water partition coefficient (Wildman–Crippen LogP) is 4.94. The standard InChI is InChI=1S/C18H24BrN3OS.ClH/c1-22-16(11-17(23)20-15-9-7-13(19)8-10-15)12-24-18(22)21-14-5-3-2-4-6-14;/h7-10,14,16H,2-6,11-12H2,1H3,(H,20,23);1H/b21-18-;. The van der Waals surface area contributed by atoms with E-state index in [-0.39, 0.29) is 24.4 Å². The lowest BCUT2D eigenvalue weighted by Gasteiger charge is -2.23. The average Bonchev–Trinajstić information content (AvgIpc) is 2.91. The van der Waals surface area contributed by atoms with Crippen LogP contribution >= 0.6 is 40.1 Å². The predicted molar refractivity (Wildman–Crippen MR) is 113 cm³/mol. The van der Waals surface area contributed by atoms with Gasteiger partial charge in [0, 0.05) is 35.4 Å². The van der Waals surface area contributed by atoms with Gasteiger partial charge in [-0.1, -0.05) is 47.0 Å². The quantitative estimate of drug-likeness (QED) is 0.713. The number of anilines is 1. The number of nitrogens with one attached hydrogen (secondary N) is 1. The Morgan fingerprint density at radius 1 is 1.28 bits per heavy atom. The van der Waals surface area contributed by atoms with E-state index in [4.69, 9.17) is 4.99 Å². The van der Waals surface area contributed by atoms with Gasteiger partial charge in [-0.15, -0.1) is 12.4 Å². The third kappa shape index (κ3) is 5.90. The van der Waals surface area contributed by atoms with Gasteiger partial charge >= 0.3 is 0 Å². The summed E-state index contributed by atoms with van der Waals surface area (Å²) in [4.78, 5) is 19.4. The fourth-order valence-corrected chi connectivity index (χ4v) is 4.71. The number of hydrogen-bond donors (Lipinski definition) is 1.